The third-order valence-corrected chi connectivity index (χ3v) is 13.5. The summed E-state index contributed by atoms with van der Waals surface area (Å²) < 4.78 is 19.4. The molecular weight excluding hydrogens is 473 g/mol. The predicted molar refractivity (Wildman–Crippen MR) is 150 cm³/mol. The Kier molecular flexibility index (Phi) is 4.55. The molecule has 6 heteroatoms. The minimum absolute atomic E-state index is 0.422. The first-order chi connectivity index (χ1) is 17.8. The van der Waals surface area contributed by atoms with Crippen LogP contribution in [0.1, 0.15) is 33.3 Å². The summed E-state index contributed by atoms with van der Waals surface area (Å²) in [4.78, 5) is 0. The van der Waals surface area contributed by atoms with Gasteiger partial charge in [-0.25, -0.2) is 0 Å². The van der Waals surface area contributed by atoms with E-state index in [0.717, 1.165) is 17.0 Å². The summed E-state index contributed by atoms with van der Waals surface area (Å²) in [6.45, 7) is 8.34. The van der Waals surface area contributed by atoms with Crippen molar-refractivity contribution in [3.63, 3.8) is 0 Å². The van der Waals surface area contributed by atoms with Gasteiger partial charge in [0.25, 0.3) is 0 Å². The quantitative estimate of drug-likeness (QED) is 0.326. The molecule has 1 saturated heterocycles. The third kappa shape index (κ3) is 2.91. The monoisotopic (exact) mass is 499 g/mol. The molecule has 0 saturated carbocycles. The Morgan fingerprint density at radius 3 is 1.81 bits per heavy atom. The summed E-state index contributed by atoms with van der Waals surface area (Å²) in [5.41, 5.74) is 3.23. The van der Waals surface area contributed by atoms with Crippen molar-refractivity contribution in [3.8, 4) is 28.7 Å². The molecule has 4 nitrogen and oxygen atoms in total. The van der Waals surface area contributed by atoms with Gasteiger partial charge in [-0.3, -0.25) is 0 Å². The summed E-state index contributed by atoms with van der Waals surface area (Å²) >= 11 is 0. The first-order valence-corrected chi connectivity index (χ1v) is 14.7. The molecule has 0 aromatic heterocycles. The average Bonchev–Trinajstić information content (AvgIpc) is 3.30. The molecule has 180 valence electrons. The number of rotatable bonds is 1. The molecule has 3 aliphatic heterocycles. The van der Waals surface area contributed by atoms with Crippen LogP contribution in [0.25, 0.3) is 11.1 Å². The van der Waals surface area contributed by atoms with Crippen LogP contribution in [0.15, 0.2) is 84.9 Å². The fourth-order valence-corrected chi connectivity index (χ4v) is 11.6. The molecule has 0 aliphatic carbocycles. The lowest BCUT2D eigenvalue weighted by Crippen LogP contribution is -2.74. The maximum absolute atomic E-state index is 9.86. The van der Waals surface area contributed by atoms with Crippen molar-refractivity contribution in [1.29, 1.82) is 5.26 Å². The molecule has 0 bridgehead atoms. The summed E-state index contributed by atoms with van der Waals surface area (Å²) in [5.74, 6) is 1.77. The van der Waals surface area contributed by atoms with Crippen LogP contribution in [0.3, 0.4) is 0 Å². The van der Waals surface area contributed by atoms with Gasteiger partial charge >= 0.3 is 7.12 Å². The van der Waals surface area contributed by atoms with Crippen molar-refractivity contribution >= 4 is 41.4 Å². The number of hydrogen-bond acceptors (Lipinski definition) is 4. The van der Waals surface area contributed by atoms with E-state index in [1.807, 2.05) is 18.2 Å². The van der Waals surface area contributed by atoms with Gasteiger partial charge in [0.15, 0.2) is 8.07 Å². The molecule has 0 N–H and O–H groups in total. The molecule has 1 spiro atoms. The Hall–Kier alpha value is -3.63. The van der Waals surface area contributed by atoms with E-state index in [2.05, 4.69) is 100 Å². The van der Waals surface area contributed by atoms with E-state index in [-0.39, 0.29) is 0 Å². The Morgan fingerprint density at radius 2 is 1.22 bits per heavy atom. The molecule has 4 aromatic rings. The summed E-state index contributed by atoms with van der Waals surface area (Å²) in [5, 5.41) is 14.8. The third-order valence-electron chi connectivity index (χ3n) is 8.62. The van der Waals surface area contributed by atoms with Crippen LogP contribution < -0.4 is 30.9 Å². The lowest BCUT2D eigenvalue weighted by Gasteiger charge is -2.37. The molecule has 0 amide bonds. The van der Waals surface area contributed by atoms with E-state index in [9.17, 15) is 5.26 Å². The molecule has 0 unspecified atom stereocenters. The number of nitriles is 1. The topological polar surface area (TPSA) is 51.5 Å². The van der Waals surface area contributed by atoms with Crippen LogP contribution in [-0.2, 0) is 9.31 Å². The second-order valence-corrected chi connectivity index (χ2v) is 14.8. The lowest BCUT2D eigenvalue weighted by molar-refractivity contribution is 0.00578. The van der Waals surface area contributed by atoms with Crippen molar-refractivity contribution in [2.45, 2.75) is 38.9 Å². The fraction of sp³-hybridized carbons (Fsp3) is 0.194. The summed E-state index contributed by atoms with van der Waals surface area (Å²) in [6, 6.07) is 31.9. The number of nitrogens with zero attached hydrogens (tertiary/aromatic N) is 1. The molecule has 3 aliphatic rings. The van der Waals surface area contributed by atoms with Gasteiger partial charge in [0.1, 0.15) is 11.5 Å². The van der Waals surface area contributed by atoms with Gasteiger partial charge in [0, 0.05) is 0 Å². The van der Waals surface area contributed by atoms with Gasteiger partial charge in [-0.2, -0.15) is 5.26 Å². The molecule has 3 heterocycles. The van der Waals surface area contributed by atoms with E-state index in [4.69, 9.17) is 14.0 Å². The van der Waals surface area contributed by atoms with Crippen molar-refractivity contribution in [2.75, 3.05) is 0 Å². The highest BCUT2D eigenvalue weighted by Gasteiger charge is 2.55. The number of para-hydroxylation sites is 2. The van der Waals surface area contributed by atoms with Crippen molar-refractivity contribution in [3.05, 3.63) is 90.5 Å². The van der Waals surface area contributed by atoms with Crippen LogP contribution in [0, 0.1) is 11.3 Å². The van der Waals surface area contributed by atoms with E-state index in [1.165, 1.54) is 31.9 Å². The van der Waals surface area contributed by atoms with E-state index in [0.29, 0.717) is 5.56 Å². The zero-order valence-electron chi connectivity index (χ0n) is 21.3. The largest absolute Gasteiger partial charge is 0.494 e. The smallest absolute Gasteiger partial charge is 0.458 e. The number of fused-ring (bicyclic) bond motifs is 9. The zero-order chi connectivity index (χ0) is 25.6. The van der Waals surface area contributed by atoms with Crippen LogP contribution in [0.5, 0.6) is 11.5 Å². The lowest BCUT2D eigenvalue weighted by atomic mass is 9.78. The normalized spacial score (nSPS) is 18.8. The minimum atomic E-state index is -2.79. The van der Waals surface area contributed by atoms with Gasteiger partial charge in [0.05, 0.1) is 22.8 Å². The van der Waals surface area contributed by atoms with Gasteiger partial charge in [0.2, 0.25) is 0 Å². The second-order valence-electron chi connectivity index (χ2n) is 11.1. The number of ether oxygens (including phenoxy) is 1. The molecule has 7 rings (SSSR count). The van der Waals surface area contributed by atoms with Crippen LogP contribution in [0.4, 0.5) is 0 Å². The van der Waals surface area contributed by atoms with E-state index >= 15 is 0 Å². The second kappa shape index (κ2) is 7.46. The average molecular weight is 499 g/mol. The fourth-order valence-electron chi connectivity index (χ4n) is 6.11. The van der Waals surface area contributed by atoms with Gasteiger partial charge in [-0.15, -0.1) is 0 Å². The number of hydrogen-bond donors (Lipinski definition) is 0. The maximum atomic E-state index is 9.86. The van der Waals surface area contributed by atoms with Crippen LogP contribution in [0.2, 0.25) is 0 Å². The first-order valence-electron chi connectivity index (χ1n) is 12.7. The summed E-state index contributed by atoms with van der Waals surface area (Å²) in [6.07, 6.45) is 0. The highest BCUT2D eigenvalue weighted by molar-refractivity contribution is 7.23. The van der Waals surface area contributed by atoms with E-state index in [1.54, 1.807) is 0 Å². The molecule has 4 aromatic carbocycles. The minimum Gasteiger partial charge on any atom is -0.458 e. The first kappa shape index (κ1) is 22.6. The molecular formula is C31H26BNO3Si. The van der Waals surface area contributed by atoms with Crippen molar-refractivity contribution in [2.24, 2.45) is 0 Å². The Balaban J connectivity index is 1.56. The highest BCUT2D eigenvalue weighted by atomic mass is 28.3. The Labute approximate surface area is 218 Å². The Bertz CT molecular complexity index is 1590. The van der Waals surface area contributed by atoms with Crippen molar-refractivity contribution in [1.82, 2.24) is 0 Å². The van der Waals surface area contributed by atoms with Crippen LogP contribution >= 0.6 is 0 Å². The van der Waals surface area contributed by atoms with Gasteiger partial charge < -0.3 is 14.0 Å². The zero-order valence-corrected chi connectivity index (χ0v) is 22.3. The standard InChI is InChI=1S/C31H26BNO3Si/c1-30(2)31(3,4)36-32(35-30)21-14-16-23-22-15-13-20(19-33)17-28(22)37(29(23)18-21)26-11-7-5-9-24(26)34-25-10-6-8-12-27(25)37/h5-18H,1-4H3. The molecule has 0 atom stereocenters. The van der Waals surface area contributed by atoms with Crippen LogP contribution in [-0.4, -0.2) is 26.4 Å². The maximum Gasteiger partial charge on any atom is 0.494 e. The summed E-state index contributed by atoms with van der Waals surface area (Å²) in [7, 11) is -3.24. The van der Waals surface area contributed by atoms with Crippen molar-refractivity contribution < 1.29 is 14.0 Å². The molecule has 37 heavy (non-hydrogen) atoms. The SMILES string of the molecule is CC1(C)OB(c2ccc3c(c2)[Si]2(c4ccccc4Oc4ccccc42)c2cc(C#N)ccc2-3)OC1(C)C. The Morgan fingerprint density at radius 1 is 0.676 bits per heavy atom. The number of benzene rings is 4. The molecule has 0 radical (unpaired) electrons. The van der Waals surface area contributed by atoms with Gasteiger partial charge in [-0.1, -0.05) is 60.7 Å². The highest BCUT2D eigenvalue weighted by Crippen LogP contribution is 2.38. The molecule has 1 fully saturated rings. The predicted octanol–water partition coefficient (Wildman–Crippen LogP) is 3.32. The van der Waals surface area contributed by atoms with E-state index < -0.39 is 26.4 Å². The van der Waals surface area contributed by atoms with Gasteiger partial charge in [-0.05, 0) is 89.3 Å².